The van der Waals surface area contributed by atoms with Crippen LogP contribution in [0.25, 0.3) is 0 Å². The van der Waals surface area contributed by atoms with Gasteiger partial charge in [0.2, 0.25) is 0 Å². The van der Waals surface area contributed by atoms with E-state index in [0.717, 1.165) is 10.4 Å². The Hall–Kier alpha value is -0.950. The van der Waals surface area contributed by atoms with Crippen LogP contribution in [0.2, 0.25) is 0 Å². The molecule has 0 radical (unpaired) electrons. The summed E-state index contributed by atoms with van der Waals surface area (Å²) >= 11 is 4.83. The van der Waals surface area contributed by atoms with Gasteiger partial charge in [-0.25, -0.2) is 0 Å². The summed E-state index contributed by atoms with van der Waals surface area (Å²) in [7, 11) is 0. The average molecular weight is 180 g/mol. The molecule has 0 fully saturated rings. The van der Waals surface area contributed by atoms with Crippen LogP contribution < -0.4 is 0 Å². The maximum atomic E-state index is 4.83. The Bertz CT molecular complexity index is 187. The normalized spacial score (nSPS) is 6.83. The maximum absolute atomic E-state index is 4.83. The Kier molecular flexibility index (Phi) is 11.4. The fourth-order valence-electron chi connectivity index (χ4n) is 0.436. The third-order valence-corrected chi connectivity index (χ3v) is 0.959. The summed E-state index contributed by atoms with van der Waals surface area (Å²) in [6.45, 7) is 14.3. The predicted octanol–water partition coefficient (Wildman–Crippen LogP) is 3.87. The standard InChI is InChI=1S/C8H10S.C3H6/c1-4-8(5-2)6-7(3)9;1-3-2/h4-6H,1-2H2,3H3;3H,1H2,2H3. The highest BCUT2D eigenvalue weighted by Gasteiger charge is 1.81. The molecular weight excluding hydrogens is 164 g/mol. The van der Waals surface area contributed by atoms with Crippen LogP contribution in [0.4, 0.5) is 0 Å². The van der Waals surface area contributed by atoms with Crippen LogP contribution in [0.3, 0.4) is 0 Å². The second-order valence-corrected chi connectivity index (χ2v) is 2.72. The zero-order valence-corrected chi connectivity index (χ0v) is 8.66. The first-order chi connectivity index (χ1) is 5.62. The fraction of sp³-hybridized carbons (Fsp3) is 0.182. The van der Waals surface area contributed by atoms with Crippen molar-refractivity contribution < 1.29 is 0 Å². The topological polar surface area (TPSA) is 0 Å². The molecule has 0 saturated heterocycles. The lowest BCUT2D eigenvalue weighted by Gasteiger charge is -1.88. The Morgan fingerprint density at radius 1 is 1.17 bits per heavy atom. The van der Waals surface area contributed by atoms with Gasteiger partial charge in [-0.15, -0.1) is 6.58 Å². The summed E-state index contributed by atoms with van der Waals surface area (Å²) in [6.07, 6.45) is 7.06. The molecule has 1 heteroatoms. The molecule has 0 heterocycles. The van der Waals surface area contributed by atoms with Crippen molar-refractivity contribution in [3.8, 4) is 0 Å². The van der Waals surface area contributed by atoms with Crippen molar-refractivity contribution in [3.63, 3.8) is 0 Å². The smallest absolute Gasteiger partial charge is 0.0127 e. The minimum atomic E-state index is 0.852. The van der Waals surface area contributed by atoms with E-state index in [9.17, 15) is 0 Å². The fourth-order valence-corrected chi connectivity index (χ4v) is 0.572. The first kappa shape index (κ1) is 13.6. The molecule has 0 unspecified atom stereocenters. The molecule has 0 nitrogen and oxygen atoms in total. The highest BCUT2D eigenvalue weighted by molar-refractivity contribution is 7.80. The molecular formula is C11H16S. The Morgan fingerprint density at radius 3 is 1.58 bits per heavy atom. The van der Waals surface area contributed by atoms with Gasteiger partial charge in [0.15, 0.2) is 0 Å². The summed E-state index contributed by atoms with van der Waals surface area (Å²) in [6, 6.07) is 0. The van der Waals surface area contributed by atoms with Gasteiger partial charge >= 0.3 is 0 Å². The first-order valence-electron chi connectivity index (χ1n) is 3.66. The largest absolute Gasteiger partial charge is 0.103 e. The molecule has 0 atom stereocenters. The Morgan fingerprint density at radius 2 is 1.50 bits per heavy atom. The van der Waals surface area contributed by atoms with E-state index in [1.54, 1.807) is 18.2 Å². The lowest BCUT2D eigenvalue weighted by molar-refractivity contribution is 1.75. The second kappa shape index (κ2) is 10.0. The molecule has 0 amide bonds. The number of thiocarbonyl (C=S) groups is 1. The molecule has 0 aliphatic rings. The average Bonchev–Trinajstić information content (AvgIpc) is 2.01. The maximum Gasteiger partial charge on any atom is 0.0127 e. The van der Waals surface area contributed by atoms with Crippen LogP contribution in [0, 0.1) is 0 Å². The van der Waals surface area contributed by atoms with Crippen LogP contribution in [-0.2, 0) is 0 Å². The van der Waals surface area contributed by atoms with Gasteiger partial charge in [0.25, 0.3) is 0 Å². The van der Waals surface area contributed by atoms with Crippen LogP contribution in [0.5, 0.6) is 0 Å². The second-order valence-electron chi connectivity index (χ2n) is 2.07. The Balaban J connectivity index is 0. The summed E-state index contributed by atoms with van der Waals surface area (Å²) < 4.78 is 0. The first-order valence-corrected chi connectivity index (χ1v) is 4.07. The van der Waals surface area contributed by atoms with Gasteiger partial charge in [-0.3, -0.25) is 0 Å². The molecule has 0 aliphatic heterocycles. The molecule has 0 rings (SSSR count). The van der Waals surface area contributed by atoms with Gasteiger partial charge in [-0.05, 0) is 25.5 Å². The molecule has 0 aromatic heterocycles. The summed E-state index contributed by atoms with van der Waals surface area (Å²) in [5.41, 5.74) is 0.975. The molecule has 0 N–H and O–H groups in total. The van der Waals surface area contributed by atoms with Gasteiger partial charge < -0.3 is 0 Å². The van der Waals surface area contributed by atoms with Crippen molar-refractivity contribution in [3.05, 3.63) is 49.6 Å². The van der Waals surface area contributed by atoms with E-state index in [4.69, 9.17) is 12.2 Å². The van der Waals surface area contributed by atoms with E-state index < -0.39 is 0 Å². The molecule has 0 aliphatic carbocycles. The van der Waals surface area contributed by atoms with Crippen molar-refractivity contribution in [1.82, 2.24) is 0 Å². The van der Waals surface area contributed by atoms with Gasteiger partial charge in [0.1, 0.15) is 0 Å². The highest BCUT2D eigenvalue weighted by Crippen LogP contribution is 1.96. The number of hydrogen-bond donors (Lipinski definition) is 0. The predicted molar refractivity (Wildman–Crippen MR) is 62.6 cm³/mol. The van der Waals surface area contributed by atoms with E-state index in [0.29, 0.717) is 0 Å². The number of hydrogen-bond acceptors (Lipinski definition) is 1. The van der Waals surface area contributed by atoms with Gasteiger partial charge in [-0.1, -0.05) is 43.6 Å². The van der Waals surface area contributed by atoms with Crippen molar-refractivity contribution >= 4 is 17.1 Å². The van der Waals surface area contributed by atoms with Gasteiger partial charge in [-0.2, -0.15) is 0 Å². The Labute approximate surface area is 81.0 Å². The van der Waals surface area contributed by atoms with Crippen molar-refractivity contribution in [2.45, 2.75) is 13.8 Å². The van der Waals surface area contributed by atoms with E-state index in [1.807, 2.05) is 19.9 Å². The number of allylic oxidation sites excluding steroid dienone is 5. The molecule has 0 bridgehead atoms. The summed E-state index contributed by atoms with van der Waals surface area (Å²) in [5, 5.41) is 0. The molecule has 0 spiro atoms. The molecule has 66 valence electrons. The lowest BCUT2D eigenvalue weighted by atomic mass is 10.2. The lowest BCUT2D eigenvalue weighted by Crippen LogP contribution is -1.78. The van der Waals surface area contributed by atoms with Gasteiger partial charge in [0.05, 0.1) is 0 Å². The van der Waals surface area contributed by atoms with Crippen LogP contribution >= 0.6 is 12.2 Å². The zero-order chi connectivity index (χ0) is 9.98. The minimum Gasteiger partial charge on any atom is -0.103 e. The zero-order valence-electron chi connectivity index (χ0n) is 7.84. The van der Waals surface area contributed by atoms with E-state index in [2.05, 4.69) is 19.7 Å². The van der Waals surface area contributed by atoms with Crippen LogP contribution in [0.1, 0.15) is 13.8 Å². The van der Waals surface area contributed by atoms with Crippen LogP contribution in [-0.4, -0.2) is 4.86 Å². The minimum absolute atomic E-state index is 0.852. The van der Waals surface area contributed by atoms with E-state index in [1.165, 1.54) is 0 Å². The van der Waals surface area contributed by atoms with Crippen molar-refractivity contribution in [2.75, 3.05) is 0 Å². The molecule has 0 aromatic rings. The van der Waals surface area contributed by atoms with E-state index >= 15 is 0 Å². The molecule has 12 heavy (non-hydrogen) atoms. The third kappa shape index (κ3) is 11.8. The monoisotopic (exact) mass is 180 g/mol. The van der Waals surface area contributed by atoms with Gasteiger partial charge in [0, 0.05) is 4.86 Å². The third-order valence-electron chi connectivity index (χ3n) is 0.841. The molecule has 0 saturated carbocycles. The highest BCUT2D eigenvalue weighted by atomic mass is 32.1. The summed E-state index contributed by atoms with van der Waals surface area (Å²) in [4.78, 5) is 0.852. The number of rotatable bonds is 3. The molecule has 0 aromatic carbocycles. The SMILES string of the molecule is C=CC.C=CC(C=C)=CC(C)=S. The van der Waals surface area contributed by atoms with Crippen molar-refractivity contribution in [2.24, 2.45) is 0 Å². The van der Waals surface area contributed by atoms with E-state index in [-0.39, 0.29) is 0 Å². The van der Waals surface area contributed by atoms with Crippen LogP contribution in [0.15, 0.2) is 49.6 Å². The quantitative estimate of drug-likeness (QED) is 0.275. The summed E-state index contributed by atoms with van der Waals surface area (Å²) in [5.74, 6) is 0. The van der Waals surface area contributed by atoms with Crippen molar-refractivity contribution in [1.29, 1.82) is 0 Å².